The summed E-state index contributed by atoms with van der Waals surface area (Å²) < 4.78 is 6.74. The molecule has 1 fully saturated rings. The summed E-state index contributed by atoms with van der Waals surface area (Å²) >= 11 is 9.46. The molecular formula is C17H16BrClN2O2. The molecule has 1 aromatic heterocycles. The zero-order chi connectivity index (χ0) is 16.2. The van der Waals surface area contributed by atoms with Crippen LogP contribution in [0.2, 0.25) is 5.02 Å². The number of amides is 1. The average molecular weight is 396 g/mol. The van der Waals surface area contributed by atoms with Gasteiger partial charge in [0.15, 0.2) is 0 Å². The van der Waals surface area contributed by atoms with Crippen LogP contribution in [0.5, 0.6) is 5.88 Å². The van der Waals surface area contributed by atoms with E-state index in [1.54, 1.807) is 12.3 Å². The lowest BCUT2D eigenvalue weighted by Gasteiger charge is -2.17. The highest BCUT2D eigenvalue weighted by Crippen LogP contribution is 2.21. The minimum Gasteiger partial charge on any atom is -0.472 e. The number of rotatable bonds is 4. The fraction of sp³-hybridized carbons (Fsp3) is 0.294. The predicted octanol–water partition coefficient (Wildman–Crippen LogP) is 3.72. The molecule has 0 aliphatic carbocycles. The van der Waals surface area contributed by atoms with Crippen molar-refractivity contribution in [2.75, 3.05) is 13.1 Å². The van der Waals surface area contributed by atoms with E-state index in [2.05, 4.69) is 20.9 Å². The van der Waals surface area contributed by atoms with Crippen LogP contribution in [0.1, 0.15) is 12.0 Å². The number of hydrogen-bond donors (Lipinski definition) is 0. The Labute approximate surface area is 148 Å². The van der Waals surface area contributed by atoms with Crippen molar-refractivity contribution in [1.29, 1.82) is 0 Å². The molecule has 120 valence electrons. The number of ether oxygens (including phenoxy) is 1. The van der Waals surface area contributed by atoms with Gasteiger partial charge in [-0.05, 0) is 33.6 Å². The monoisotopic (exact) mass is 394 g/mol. The van der Waals surface area contributed by atoms with Crippen LogP contribution in [0.15, 0.2) is 47.1 Å². The summed E-state index contributed by atoms with van der Waals surface area (Å²) in [5.41, 5.74) is 0.859. The third-order valence-electron chi connectivity index (χ3n) is 3.78. The number of aromatic nitrogens is 1. The lowest BCUT2D eigenvalue weighted by molar-refractivity contribution is -0.129. The topological polar surface area (TPSA) is 42.4 Å². The van der Waals surface area contributed by atoms with Gasteiger partial charge in [0, 0.05) is 34.7 Å². The average Bonchev–Trinajstić information content (AvgIpc) is 3.00. The van der Waals surface area contributed by atoms with E-state index in [-0.39, 0.29) is 12.0 Å². The van der Waals surface area contributed by atoms with Crippen LogP contribution in [-0.2, 0) is 11.2 Å². The van der Waals surface area contributed by atoms with E-state index < -0.39 is 0 Å². The van der Waals surface area contributed by atoms with E-state index in [1.807, 2.05) is 35.2 Å². The van der Waals surface area contributed by atoms with Gasteiger partial charge in [-0.1, -0.05) is 29.8 Å². The summed E-state index contributed by atoms with van der Waals surface area (Å²) in [6.07, 6.45) is 2.82. The van der Waals surface area contributed by atoms with Crippen molar-refractivity contribution in [2.45, 2.75) is 18.9 Å². The van der Waals surface area contributed by atoms with Gasteiger partial charge in [0.2, 0.25) is 11.8 Å². The third-order valence-corrected chi connectivity index (χ3v) is 4.62. The quantitative estimate of drug-likeness (QED) is 0.792. The number of hydrogen-bond acceptors (Lipinski definition) is 3. The van der Waals surface area contributed by atoms with Crippen LogP contribution in [0.25, 0.3) is 0 Å². The number of halogens is 2. The molecule has 0 saturated carbocycles. The molecule has 3 rings (SSSR count). The summed E-state index contributed by atoms with van der Waals surface area (Å²) in [5, 5.41) is 0.631. The minimum absolute atomic E-state index is 0.0149. The first-order valence-electron chi connectivity index (χ1n) is 7.41. The molecule has 4 nitrogen and oxygen atoms in total. The second kappa shape index (κ2) is 7.32. The number of carbonyl (C=O) groups is 1. The van der Waals surface area contributed by atoms with Gasteiger partial charge in [0.25, 0.3) is 0 Å². The maximum atomic E-state index is 12.4. The van der Waals surface area contributed by atoms with E-state index in [0.29, 0.717) is 30.4 Å². The van der Waals surface area contributed by atoms with E-state index in [1.165, 1.54) is 0 Å². The summed E-state index contributed by atoms with van der Waals surface area (Å²) in [6.45, 7) is 1.28. The molecule has 1 aromatic carbocycles. The lowest BCUT2D eigenvalue weighted by Crippen LogP contribution is -2.32. The Morgan fingerprint density at radius 1 is 1.35 bits per heavy atom. The Balaban J connectivity index is 1.55. The molecule has 1 unspecified atom stereocenters. The summed E-state index contributed by atoms with van der Waals surface area (Å²) in [4.78, 5) is 18.4. The zero-order valence-electron chi connectivity index (χ0n) is 12.4. The Hall–Kier alpha value is -1.59. The fourth-order valence-corrected chi connectivity index (χ4v) is 3.01. The first kappa shape index (κ1) is 16.3. The van der Waals surface area contributed by atoms with Crippen molar-refractivity contribution in [1.82, 2.24) is 9.88 Å². The highest BCUT2D eigenvalue weighted by molar-refractivity contribution is 9.10. The van der Waals surface area contributed by atoms with Crippen molar-refractivity contribution in [3.8, 4) is 5.88 Å². The summed E-state index contributed by atoms with van der Waals surface area (Å²) in [7, 11) is 0. The van der Waals surface area contributed by atoms with Crippen molar-refractivity contribution < 1.29 is 9.53 Å². The molecular weight excluding hydrogens is 380 g/mol. The van der Waals surface area contributed by atoms with Gasteiger partial charge >= 0.3 is 0 Å². The van der Waals surface area contributed by atoms with Crippen molar-refractivity contribution in [3.63, 3.8) is 0 Å². The standard InChI is InChI=1S/C17H16BrClN2O2/c18-13-5-6-16(20-10-13)23-14-7-8-21(11-14)17(22)9-12-3-1-2-4-15(12)19/h1-6,10,14H,7-9,11H2. The molecule has 2 heterocycles. The van der Waals surface area contributed by atoms with E-state index in [4.69, 9.17) is 16.3 Å². The molecule has 1 aliphatic rings. The van der Waals surface area contributed by atoms with Crippen molar-refractivity contribution >= 4 is 33.4 Å². The van der Waals surface area contributed by atoms with Gasteiger partial charge in [-0.25, -0.2) is 4.98 Å². The highest BCUT2D eigenvalue weighted by atomic mass is 79.9. The van der Waals surface area contributed by atoms with E-state index in [0.717, 1.165) is 16.5 Å². The van der Waals surface area contributed by atoms with Gasteiger partial charge in [0.05, 0.1) is 13.0 Å². The second-order valence-electron chi connectivity index (χ2n) is 5.45. The molecule has 0 spiro atoms. The molecule has 1 saturated heterocycles. The van der Waals surface area contributed by atoms with Crippen LogP contribution in [-0.4, -0.2) is 35.0 Å². The molecule has 1 amide bonds. The van der Waals surface area contributed by atoms with E-state index in [9.17, 15) is 4.79 Å². The molecule has 0 radical (unpaired) electrons. The number of carbonyl (C=O) groups excluding carboxylic acids is 1. The normalized spacial score (nSPS) is 17.3. The smallest absolute Gasteiger partial charge is 0.227 e. The van der Waals surface area contributed by atoms with Gasteiger partial charge in [-0.3, -0.25) is 4.79 Å². The van der Waals surface area contributed by atoms with Gasteiger partial charge in [0.1, 0.15) is 6.10 Å². The first-order chi connectivity index (χ1) is 11.1. The largest absolute Gasteiger partial charge is 0.472 e. The Bertz CT molecular complexity index is 693. The van der Waals surface area contributed by atoms with Gasteiger partial charge < -0.3 is 9.64 Å². The Morgan fingerprint density at radius 2 is 2.17 bits per heavy atom. The maximum absolute atomic E-state index is 12.4. The Kier molecular flexibility index (Phi) is 5.18. The van der Waals surface area contributed by atoms with Crippen LogP contribution >= 0.6 is 27.5 Å². The second-order valence-corrected chi connectivity index (χ2v) is 6.77. The molecule has 1 atom stereocenters. The molecule has 1 aliphatic heterocycles. The zero-order valence-corrected chi connectivity index (χ0v) is 14.8. The summed E-state index contributed by atoms with van der Waals surface area (Å²) in [6, 6.07) is 11.1. The lowest BCUT2D eigenvalue weighted by atomic mass is 10.1. The molecule has 0 bridgehead atoms. The minimum atomic E-state index is -0.0149. The van der Waals surface area contributed by atoms with E-state index >= 15 is 0 Å². The molecule has 0 N–H and O–H groups in total. The number of nitrogens with zero attached hydrogens (tertiary/aromatic N) is 2. The van der Waals surface area contributed by atoms with Crippen LogP contribution in [0.4, 0.5) is 0 Å². The van der Waals surface area contributed by atoms with Crippen molar-refractivity contribution in [3.05, 3.63) is 57.7 Å². The van der Waals surface area contributed by atoms with Gasteiger partial charge in [-0.15, -0.1) is 0 Å². The SMILES string of the molecule is O=C(Cc1ccccc1Cl)N1CCC(Oc2ccc(Br)cn2)C1. The van der Waals surface area contributed by atoms with Crippen LogP contribution in [0, 0.1) is 0 Å². The fourth-order valence-electron chi connectivity index (χ4n) is 2.57. The van der Waals surface area contributed by atoms with Crippen LogP contribution < -0.4 is 4.74 Å². The molecule has 6 heteroatoms. The first-order valence-corrected chi connectivity index (χ1v) is 8.58. The molecule has 2 aromatic rings. The highest BCUT2D eigenvalue weighted by Gasteiger charge is 2.28. The third kappa shape index (κ3) is 4.24. The Morgan fingerprint density at radius 3 is 2.91 bits per heavy atom. The predicted molar refractivity (Wildman–Crippen MR) is 92.7 cm³/mol. The van der Waals surface area contributed by atoms with Crippen molar-refractivity contribution in [2.24, 2.45) is 0 Å². The van der Waals surface area contributed by atoms with Crippen LogP contribution in [0.3, 0.4) is 0 Å². The summed E-state index contributed by atoms with van der Waals surface area (Å²) in [5.74, 6) is 0.659. The molecule has 23 heavy (non-hydrogen) atoms. The van der Waals surface area contributed by atoms with Gasteiger partial charge in [-0.2, -0.15) is 0 Å². The maximum Gasteiger partial charge on any atom is 0.227 e. The number of benzene rings is 1. The number of pyridine rings is 1. The number of likely N-dealkylation sites (tertiary alicyclic amines) is 1.